The molecule has 26 heavy (non-hydrogen) atoms. The predicted octanol–water partition coefficient (Wildman–Crippen LogP) is 3.11. The van der Waals surface area contributed by atoms with Gasteiger partial charge in [0.1, 0.15) is 12.3 Å². The number of amides is 2. The van der Waals surface area contributed by atoms with Crippen LogP contribution in [0, 0.1) is 6.92 Å². The molecule has 0 heterocycles. The topological polar surface area (TPSA) is 58.6 Å². The average Bonchev–Trinajstić information content (AvgIpc) is 2.64. The molecular formula is C21H26N2O3. The summed E-state index contributed by atoms with van der Waals surface area (Å²) in [5, 5.41) is 2.89. The van der Waals surface area contributed by atoms with E-state index in [9.17, 15) is 9.59 Å². The third-order valence-corrected chi connectivity index (χ3v) is 4.11. The number of benzene rings is 2. The standard InChI is InChI=1S/C21H26N2O3/c1-16-11-12-20(26-3)19(14-16)23(17(2)24)15-21(25)22-13-7-10-18-8-5-4-6-9-18/h4-6,8-9,11-12,14H,7,10,13,15H2,1-3H3,(H,22,25). The third-order valence-electron chi connectivity index (χ3n) is 4.11. The number of nitrogens with one attached hydrogen (secondary N) is 1. The van der Waals surface area contributed by atoms with Gasteiger partial charge in [0.25, 0.3) is 0 Å². The van der Waals surface area contributed by atoms with Crippen molar-refractivity contribution in [2.24, 2.45) is 0 Å². The first-order chi connectivity index (χ1) is 12.5. The van der Waals surface area contributed by atoms with Gasteiger partial charge >= 0.3 is 0 Å². The van der Waals surface area contributed by atoms with E-state index in [1.54, 1.807) is 13.2 Å². The molecule has 2 rings (SSSR count). The highest BCUT2D eigenvalue weighted by atomic mass is 16.5. The number of anilines is 1. The molecule has 2 amide bonds. The molecule has 0 aliphatic heterocycles. The van der Waals surface area contributed by atoms with Gasteiger partial charge in [-0.05, 0) is 43.0 Å². The maximum Gasteiger partial charge on any atom is 0.240 e. The Bertz CT molecular complexity index is 744. The highest BCUT2D eigenvalue weighted by Gasteiger charge is 2.19. The van der Waals surface area contributed by atoms with Gasteiger partial charge in [-0.15, -0.1) is 0 Å². The van der Waals surface area contributed by atoms with E-state index in [2.05, 4.69) is 17.4 Å². The summed E-state index contributed by atoms with van der Waals surface area (Å²) in [5.74, 6) is 0.188. The van der Waals surface area contributed by atoms with Gasteiger partial charge in [-0.1, -0.05) is 36.4 Å². The van der Waals surface area contributed by atoms with Crippen LogP contribution in [0.15, 0.2) is 48.5 Å². The number of hydrogen-bond donors (Lipinski definition) is 1. The zero-order valence-corrected chi connectivity index (χ0v) is 15.6. The third kappa shape index (κ3) is 5.62. The molecule has 5 heteroatoms. The average molecular weight is 354 g/mol. The summed E-state index contributed by atoms with van der Waals surface area (Å²) in [4.78, 5) is 25.8. The molecule has 138 valence electrons. The minimum atomic E-state index is -0.201. The lowest BCUT2D eigenvalue weighted by atomic mass is 10.1. The molecule has 0 fully saturated rings. The lowest BCUT2D eigenvalue weighted by Crippen LogP contribution is -2.40. The Morgan fingerprint density at radius 3 is 2.50 bits per heavy atom. The second-order valence-corrected chi connectivity index (χ2v) is 6.22. The first-order valence-electron chi connectivity index (χ1n) is 8.74. The molecule has 0 unspecified atom stereocenters. The first kappa shape index (κ1) is 19.5. The molecule has 5 nitrogen and oxygen atoms in total. The minimum Gasteiger partial charge on any atom is -0.495 e. The Labute approximate surface area is 155 Å². The van der Waals surface area contributed by atoms with E-state index in [-0.39, 0.29) is 18.4 Å². The molecular weight excluding hydrogens is 328 g/mol. The summed E-state index contributed by atoms with van der Waals surface area (Å²) in [6, 6.07) is 15.7. The molecule has 1 N–H and O–H groups in total. The Morgan fingerprint density at radius 1 is 1.12 bits per heavy atom. The van der Waals surface area contributed by atoms with Crippen LogP contribution in [0.5, 0.6) is 5.75 Å². The van der Waals surface area contributed by atoms with Crippen LogP contribution in [0.2, 0.25) is 0 Å². The van der Waals surface area contributed by atoms with Crippen molar-refractivity contribution in [2.75, 3.05) is 25.1 Å². The maximum atomic E-state index is 12.3. The molecule has 0 bridgehead atoms. The summed E-state index contributed by atoms with van der Waals surface area (Å²) in [5.41, 5.74) is 2.85. The molecule has 0 aromatic heterocycles. The summed E-state index contributed by atoms with van der Waals surface area (Å²) in [7, 11) is 1.55. The first-order valence-corrected chi connectivity index (χ1v) is 8.74. The molecule has 2 aromatic rings. The van der Waals surface area contributed by atoms with Crippen molar-refractivity contribution in [3.8, 4) is 5.75 Å². The van der Waals surface area contributed by atoms with Gasteiger partial charge in [0.15, 0.2) is 0 Å². The number of methoxy groups -OCH3 is 1. The molecule has 0 aliphatic carbocycles. The fraction of sp³-hybridized carbons (Fsp3) is 0.333. The number of nitrogens with zero attached hydrogens (tertiary/aromatic N) is 1. The zero-order chi connectivity index (χ0) is 18.9. The maximum absolute atomic E-state index is 12.3. The molecule has 0 saturated heterocycles. The van der Waals surface area contributed by atoms with Crippen LogP contribution in [0.4, 0.5) is 5.69 Å². The fourth-order valence-electron chi connectivity index (χ4n) is 2.74. The van der Waals surface area contributed by atoms with Crippen LogP contribution in [0.3, 0.4) is 0 Å². The van der Waals surface area contributed by atoms with E-state index in [0.29, 0.717) is 18.0 Å². The van der Waals surface area contributed by atoms with Gasteiger partial charge < -0.3 is 10.1 Å². The van der Waals surface area contributed by atoms with E-state index >= 15 is 0 Å². The van der Waals surface area contributed by atoms with E-state index < -0.39 is 0 Å². The molecule has 0 spiro atoms. The zero-order valence-electron chi connectivity index (χ0n) is 15.6. The highest BCUT2D eigenvalue weighted by molar-refractivity contribution is 5.98. The number of ether oxygens (including phenoxy) is 1. The Morgan fingerprint density at radius 2 is 1.85 bits per heavy atom. The predicted molar refractivity (Wildman–Crippen MR) is 104 cm³/mol. The number of rotatable bonds is 8. The SMILES string of the molecule is COc1ccc(C)cc1N(CC(=O)NCCCc1ccccc1)C(C)=O. The molecule has 0 aliphatic rings. The van der Waals surface area contributed by atoms with Gasteiger partial charge in [-0.25, -0.2) is 0 Å². The van der Waals surface area contributed by atoms with Crippen LogP contribution in [-0.4, -0.2) is 32.0 Å². The van der Waals surface area contributed by atoms with Crippen molar-refractivity contribution >= 4 is 17.5 Å². The largest absolute Gasteiger partial charge is 0.495 e. The number of aryl methyl sites for hydroxylation is 2. The number of carbonyl (C=O) groups is 2. The van der Waals surface area contributed by atoms with Gasteiger partial charge in [-0.2, -0.15) is 0 Å². The quantitative estimate of drug-likeness (QED) is 0.741. The van der Waals surface area contributed by atoms with Gasteiger partial charge in [0.05, 0.1) is 12.8 Å². The van der Waals surface area contributed by atoms with Crippen LogP contribution >= 0.6 is 0 Å². The van der Waals surface area contributed by atoms with Gasteiger partial charge in [0, 0.05) is 13.5 Å². The molecule has 0 radical (unpaired) electrons. The minimum absolute atomic E-state index is 0.0273. The summed E-state index contributed by atoms with van der Waals surface area (Å²) >= 11 is 0. The van der Waals surface area contributed by atoms with Crippen molar-refractivity contribution in [2.45, 2.75) is 26.7 Å². The lowest BCUT2D eigenvalue weighted by molar-refractivity contribution is -0.123. The Balaban J connectivity index is 1.92. The second kappa shape index (κ2) is 9.61. The summed E-state index contributed by atoms with van der Waals surface area (Å²) < 4.78 is 5.33. The Kier molecular flexibility index (Phi) is 7.21. The second-order valence-electron chi connectivity index (χ2n) is 6.22. The van der Waals surface area contributed by atoms with Crippen molar-refractivity contribution in [3.05, 3.63) is 59.7 Å². The monoisotopic (exact) mass is 354 g/mol. The molecule has 0 atom stereocenters. The van der Waals surface area contributed by atoms with Crippen LogP contribution in [0.25, 0.3) is 0 Å². The number of hydrogen-bond acceptors (Lipinski definition) is 3. The van der Waals surface area contributed by atoms with Crippen molar-refractivity contribution in [1.82, 2.24) is 5.32 Å². The highest BCUT2D eigenvalue weighted by Crippen LogP contribution is 2.29. The van der Waals surface area contributed by atoms with Crippen molar-refractivity contribution in [3.63, 3.8) is 0 Å². The molecule has 2 aromatic carbocycles. The molecule has 0 saturated carbocycles. The lowest BCUT2D eigenvalue weighted by Gasteiger charge is -2.23. The smallest absolute Gasteiger partial charge is 0.240 e. The van der Waals surface area contributed by atoms with Crippen LogP contribution in [-0.2, 0) is 16.0 Å². The normalized spacial score (nSPS) is 10.3. The van der Waals surface area contributed by atoms with Gasteiger partial charge in [-0.3, -0.25) is 14.5 Å². The Hall–Kier alpha value is -2.82. The fourth-order valence-corrected chi connectivity index (χ4v) is 2.74. The van der Waals surface area contributed by atoms with Crippen LogP contribution < -0.4 is 15.0 Å². The van der Waals surface area contributed by atoms with E-state index in [1.165, 1.54) is 17.4 Å². The summed E-state index contributed by atoms with van der Waals surface area (Å²) in [6.45, 7) is 3.93. The van der Waals surface area contributed by atoms with Gasteiger partial charge in [0.2, 0.25) is 11.8 Å². The summed E-state index contributed by atoms with van der Waals surface area (Å²) in [6.07, 6.45) is 1.76. The van der Waals surface area contributed by atoms with E-state index in [4.69, 9.17) is 4.74 Å². The number of carbonyl (C=O) groups excluding carboxylic acids is 2. The van der Waals surface area contributed by atoms with E-state index in [0.717, 1.165) is 18.4 Å². The van der Waals surface area contributed by atoms with Crippen LogP contribution in [0.1, 0.15) is 24.5 Å². The van der Waals surface area contributed by atoms with Crippen molar-refractivity contribution < 1.29 is 14.3 Å². The van der Waals surface area contributed by atoms with Crippen molar-refractivity contribution in [1.29, 1.82) is 0 Å². The van der Waals surface area contributed by atoms with E-state index in [1.807, 2.05) is 37.3 Å².